The predicted molar refractivity (Wildman–Crippen MR) is 87.8 cm³/mol. The topological polar surface area (TPSA) is 75.3 Å². The molecule has 4 nitrogen and oxygen atoms in total. The first kappa shape index (κ1) is 15.3. The molecule has 0 unspecified atom stereocenters. The number of hydrogen-bond acceptors (Lipinski definition) is 3. The van der Waals surface area contributed by atoms with Gasteiger partial charge in [-0.25, -0.2) is 0 Å². The number of halogens is 1. The number of anilines is 1. The molecule has 0 spiro atoms. The zero-order valence-electron chi connectivity index (χ0n) is 11.0. The molecule has 0 aromatic heterocycles. The van der Waals surface area contributed by atoms with Crippen LogP contribution in [0.25, 0.3) is 0 Å². The summed E-state index contributed by atoms with van der Waals surface area (Å²) >= 11 is 10.9. The van der Waals surface area contributed by atoms with Gasteiger partial charge in [0.2, 0.25) is 5.91 Å². The second-order valence-corrected chi connectivity index (χ2v) is 5.28. The molecule has 21 heavy (non-hydrogen) atoms. The SMILES string of the molecule is NC(=S)c1ccc(Cl)cc1NC(=O)Cc1ccccc1O. The van der Waals surface area contributed by atoms with E-state index in [0.717, 1.165) is 0 Å². The minimum absolute atomic E-state index is 0.0377. The van der Waals surface area contributed by atoms with Crippen LogP contribution in [0.15, 0.2) is 42.5 Å². The summed E-state index contributed by atoms with van der Waals surface area (Å²) in [6, 6.07) is 11.5. The standard InChI is InChI=1S/C15H13ClN2O2S/c16-10-5-6-11(15(17)21)12(8-10)18-14(20)7-9-3-1-2-4-13(9)19/h1-6,8,19H,7H2,(H2,17,21)(H,18,20). The predicted octanol–water partition coefficient (Wildman–Crippen LogP) is 2.86. The number of aromatic hydroxyl groups is 1. The van der Waals surface area contributed by atoms with Crippen molar-refractivity contribution in [1.82, 2.24) is 0 Å². The lowest BCUT2D eigenvalue weighted by atomic mass is 10.1. The molecule has 2 rings (SSSR count). The van der Waals surface area contributed by atoms with Crippen LogP contribution < -0.4 is 11.1 Å². The van der Waals surface area contributed by atoms with Gasteiger partial charge in [-0.15, -0.1) is 0 Å². The molecule has 0 heterocycles. The Bertz CT molecular complexity index is 704. The van der Waals surface area contributed by atoms with E-state index in [2.05, 4.69) is 5.32 Å². The summed E-state index contributed by atoms with van der Waals surface area (Å²) < 4.78 is 0. The molecule has 0 fully saturated rings. The number of nitrogens with one attached hydrogen (secondary N) is 1. The summed E-state index contributed by atoms with van der Waals surface area (Å²) in [5.41, 5.74) is 7.15. The number of carbonyl (C=O) groups is 1. The lowest BCUT2D eigenvalue weighted by Crippen LogP contribution is -2.19. The smallest absolute Gasteiger partial charge is 0.228 e. The van der Waals surface area contributed by atoms with E-state index in [1.165, 1.54) is 6.07 Å². The molecule has 6 heteroatoms. The number of phenols is 1. The van der Waals surface area contributed by atoms with Gasteiger partial charge in [-0.2, -0.15) is 0 Å². The van der Waals surface area contributed by atoms with Gasteiger partial charge in [0.25, 0.3) is 0 Å². The lowest BCUT2D eigenvalue weighted by molar-refractivity contribution is -0.115. The molecule has 1 amide bonds. The molecular weight excluding hydrogens is 308 g/mol. The van der Waals surface area contributed by atoms with Crippen LogP contribution in [0.4, 0.5) is 5.69 Å². The fourth-order valence-corrected chi connectivity index (χ4v) is 2.21. The second-order valence-electron chi connectivity index (χ2n) is 4.41. The van der Waals surface area contributed by atoms with E-state index < -0.39 is 0 Å². The van der Waals surface area contributed by atoms with Crippen LogP contribution >= 0.6 is 23.8 Å². The quantitative estimate of drug-likeness (QED) is 0.757. The Balaban J connectivity index is 2.18. The minimum atomic E-state index is -0.295. The van der Waals surface area contributed by atoms with Gasteiger partial charge < -0.3 is 16.2 Å². The summed E-state index contributed by atoms with van der Waals surface area (Å²) in [4.78, 5) is 12.2. The van der Waals surface area contributed by atoms with Gasteiger partial charge in [0.05, 0.1) is 12.1 Å². The number of hydrogen-bond donors (Lipinski definition) is 3. The van der Waals surface area contributed by atoms with Crippen molar-refractivity contribution in [2.45, 2.75) is 6.42 Å². The zero-order chi connectivity index (χ0) is 15.4. The maximum atomic E-state index is 12.1. The maximum Gasteiger partial charge on any atom is 0.228 e. The van der Waals surface area contributed by atoms with Crippen LogP contribution in [0, 0.1) is 0 Å². The van der Waals surface area contributed by atoms with Crippen LogP contribution in [0.1, 0.15) is 11.1 Å². The Morgan fingerprint density at radius 3 is 2.67 bits per heavy atom. The zero-order valence-corrected chi connectivity index (χ0v) is 12.5. The monoisotopic (exact) mass is 320 g/mol. The van der Waals surface area contributed by atoms with Gasteiger partial charge in [0.1, 0.15) is 10.7 Å². The molecular formula is C15H13ClN2O2S. The van der Waals surface area contributed by atoms with E-state index in [4.69, 9.17) is 29.6 Å². The highest BCUT2D eigenvalue weighted by Crippen LogP contribution is 2.22. The Kier molecular flexibility index (Phi) is 4.77. The van der Waals surface area contributed by atoms with E-state index in [0.29, 0.717) is 21.8 Å². The van der Waals surface area contributed by atoms with Gasteiger partial charge in [0, 0.05) is 16.1 Å². The Hall–Kier alpha value is -2.11. The number of para-hydroxylation sites is 1. The van der Waals surface area contributed by atoms with Crippen LogP contribution in [-0.4, -0.2) is 16.0 Å². The van der Waals surface area contributed by atoms with Gasteiger partial charge >= 0.3 is 0 Å². The number of nitrogens with two attached hydrogens (primary N) is 1. The van der Waals surface area contributed by atoms with Crippen molar-refractivity contribution in [2.24, 2.45) is 5.73 Å². The highest BCUT2D eigenvalue weighted by Gasteiger charge is 2.11. The Morgan fingerprint density at radius 2 is 2.00 bits per heavy atom. The third-order valence-corrected chi connectivity index (χ3v) is 3.32. The van der Waals surface area contributed by atoms with Crippen molar-refractivity contribution in [3.63, 3.8) is 0 Å². The molecule has 0 aliphatic heterocycles. The van der Waals surface area contributed by atoms with Crippen LogP contribution in [-0.2, 0) is 11.2 Å². The van der Waals surface area contributed by atoms with Crippen molar-refractivity contribution < 1.29 is 9.90 Å². The number of amides is 1. The third kappa shape index (κ3) is 3.93. The fourth-order valence-electron chi connectivity index (χ4n) is 1.86. The third-order valence-electron chi connectivity index (χ3n) is 2.86. The molecule has 0 aliphatic rings. The average molecular weight is 321 g/mol. The van der Waals surface area contributed by atoms with Crippen molar-refractivity contribution in [2.75, 3.05) is 5.32 Å². The molecule has 4 N–H and O–H groups in total. The van der Waals surface area contributed by atoms with E-state index in [1.807, 2.05) is 0 Å². The van der Waals surface area contributed by atoms with Gasteiger partial charge in [0.15, 0.2) is 0 Å². The Morgan fingerprint density at radius 1 is 1.29 bits per heavy atom. The molecule has 0 bridgehead atoms. The van der Waals surface area contributed by atoms with E-state index in [-0.39, 0.29) is 23.1 Å². The number of rotatable bonds is 4. The molecule has 0 saturated carbocycles. The molecule has 108 valence electrons. The van der Waals surface area contributed by atoms with Crippen molar-refractivity contribution in [3.8, 4) is 5.75 Å². The highest BCUT2D eigenvalue weighted by molar-refractivity contribution is 7.80. The molecule has 0 radical (unpaired) electrons. The van der Waals surface area contributed by atoms with Gasteiger partial charge in [-0.05, 0) is 24.3 Å². The normalized spacial score (nSPS) is 10.1. The number of benzene rings is 2. The second kappa shape index (κ2) is 6.56. The lowest BCUT2D eigenvalue weighted by Gasteiger charge is -2.11. The number of thiocarbonyl (C=S) groups is 1. The number of carbonyl (C=O) groups excluding carboxylic acids is 1. The highest BCUT2D eigenvalue weighted by atomic mass is 35.5. The minimum Gasteiger partial charge on any atom is -0.508 e. The van der Waals surface area contributed by atoms with E-state index in [9.17, 15) is 9.90 Å². The summed E-state index contributed by atoms with van der Waals surface area (Å²) in [5, 5.41) is 12.8. The van der Waals surface area contributed by atoms with Crippen LogP contribution in [0.3, 0.4) is 0 Å². The summed E-state index contributed by atoms with van der Waals surface area (Å²) in [6.07, 6.45) is 0.0377. The molecule has 0 saturated heterocycles. The maximum absolute atomic E-state index is 12.1. The summed E-state index contributed by atoms with van der Waals surface area (Å²) in [6.45, 7) is 0. The first-order chi connectivity index (χ1) is 9.97. The Labute approximate surface area is 132 Å². The largest absolute Gasteiger partial charge is 0.508 e. The van der Waals surface area contributed by atoms with Crippen molar-refractivity contribution >= 4 is 40.4 Å². The van der Waals surface area contributed by atoms with Crippen LogP contribution in [0.5, 0.6) is 5.75 Å². The average Bonchev–Trinajstić information content (AvgIpc) is 2.41. The fraction of sp³-hybridized carbons (Fsp3) is 0.0667. The first-order valence-corrected chi connectivity index (χ1v) is 6.92. The number of phenolic OH excluding ortho intramolecular Hbond substituents is 1. The molecule has 2 aromatic carbocycles. The molecule has 0 aliphatic carbocycles. The summed E-state index contributed by atoms with van der Waals surface area (Å²) in [7, 11) is 0. The molecule has 2 aromatic rings. The first-order valence-electron chi connectivity index (χ1n) is 6.13. The van der Waals surface area contributed by atoms with Gasteiger partial charge in [-0.3, -0.25) is 4.79 Å². The van der Waals surface area contributed by atoms with Crippen LogP contribution in [0.2, 0.25) is 5.02 Å². The van der Waals surface area contributed by atoms with Crippen molar-refractivity contribution in [3.05, 3.63) is 58.6 Å². The summed E-state index contributed by atoms with van der Waals surface area (Å²) in [5.74, 6) is -0.218. The van der Waals surface area contributed by atoms with E-state index >= 15 is 0 Å². The van der Waals surface area contributed by atoms with E-state index in [1.54, 1.807) is 36.4 Å². The molecule has 0 atom stereocenters. The van der Waals surface area contributed by atoms with Crippen molar-refractivity contribution in [1.29, 1.82) is 0 Å². The van der Waals surface area contributed by atoms with Gasteiger partial charge in [-0.1, -0.05) is 42.0 Å².